The predicted molar refractivity (Wildman–Crippen MR) is 70.3 cm³/mol. The van der Waals surface area contributed by atoms with Crippen LogP contribution in [0.2, 0.25) is 0 Å². The van der Waals surface area contributed by atoms with Crippen LogP contribution in [0.5, 0.6) is 0 Å². The number of hydrogen-bond acceptors (Lipinski definition) is 3. The van der Waals surface area contributed by atoms with E-state index in [0.717, 1.165) is 36.5 Å². The van der Waals surface area contributed by atoms with Crippen LogP contribution in [0.3, 0.4) is 0 Å². The van der Waals surface area contributed by atoms with Gasteiger partial charge in [-0.1, -0.05) is 11.9 Å². The Balaban J connectivity index is 0.00000162. The maximum Gasteiger partial charge on any atom is 0.237 e. The largest absolute Gasteiger partial charge is 1.00 e. The molecule has 18 heavy (non-hydrogen) atoms. The third kappa shape index (κ3) is 3.05. The van der Waals surface area contributed by atoms with E-state index in [9.17, 15) is 0 Å². The smallest absolute Gasteiger partial charge is 0.237 e. The zero-order valence-electron chi connectivity index (χ0n) is 11.7. The van der Waals surface area contributed by atoms with Crippen molar-refractivity contribution in [3.8, 4) is 0 Å². The van der Waals surface area contributed by atoms with Crippen LogP contribution >= 0.6 is 0 Å². The molecule has 1 atom stereocenters. The molecular formula is C13H23ClN4. The highest BCUT2D eigenvalue weighted by Gasteiger charge is 2.21. The van der Waals surface area contributed by atoms with Gasteiger partial charge >= 0.3 is 0 Å². The number of aromatic nitrogens is 2. The van der Waals surface area contributed by atoms with Gasteiger partial charge < -0.3 is 22.6 Å². The minimum Gasteiger partial charge on any atom is -1.00 e. The van der Waals surface area contributed by atoms with E-state index < -0.39 is 0 Å². The lowest BCUT2D eigenvalue weighted by Crippen LogP contribution is -3.00. The predicted octanol–water partition coefficient (Wildman–Crippen LogP) is -1.50. The summed E-state index contributed by atoms with van der Waals surface area (Å²) >= 11 is 0. The molecule has 1 aliphatic rings. The van der Waals surface area contributed by atoms with Crippen LogP contribution < -0.4 is 27.2 Å². The molecule has 1 fully saturated rings. The Labute approximate surface area is 116 Å². The van der Waals surface area contributed by atoms with Crippen molar-refractivity contribution in [1.82, 2.24) is 4.98 Å². The van der Waals surface area contributed by atoms with E-state index in [4.69, 9.17) is 0 Å². The first-order valence-electron chi connectivity index (χ1n) is 6.42. The summed E-state index contributed by atoms with van der Waals surface area (Å²) in [5, 5.41) is 3.22. The van der Waals surface area contributed by atoms with Gasteiger partial charge in [0.2, 0.25) is 17.5 Å². The molecule has 0 amide bonds. The van der Waals surface area contributed by atoms with Gasteiger partial charge in [-0.15, -0.1) is 0 Å². The Morgan fingerprint density at radius 1 is 1.50 bits per heavy atom. The quantitative estimate of drug-likeness (QED) is 0.664. The highest BCUT2D eigenvalue weighted by Crippen LogP contribution is 2.22. The minimum absolute atomic E-state index is 0. The zero-order chi connectivity index (χ0) is 12.4. The first-order chi connectivity index (χ1) is 8.11. The first kappa shape index (κ1) is 15.0. The molecule has 0 saturated carbocycles. The molecule has 1 aromatic heterocycles. The molecule has 1 N–H and O–H groups in total. The lowest BCUT2D eigenvalue weighted by molar-refractivity contribution is -0.666. The average Bonchev–Trinajstić information content (AvgIpc) is 2.32. The second kappa shape index (κ2) is 6.23. The number of hydrogen-bond donors (Lipinski definition) is 1. The average molecular weight is 271 g/mol. The molecule has 0 spiro atoms. The van der Waals surface area contributed by atoms with Crippen LogP contribution in [0.25, 0.3) is 0 Å². The molecule has 0 aliphatic carbocycles. The fourth-order valence-electron chi connectivity index (χ4n) is 2.47. The molecule has 2 heterocycles. The summed E-state index contributed by atoms with van der Waals surface area (Å²) in [6.07, 6.45) is 2.62. The zero-order valence-corrected chi connectivity index (χ0v) is 12.5. The summed E-state index contributed by atoms with van der Waals surface area (Å²) in [5.74, 6) is 4.05. The van der Waals surface area contributed by atoms with Gasteiger partial charge in [-0.25, -0.2) is 4.57 Å². The van der Waals surface area contributed by atoms with Gasteiger partial charge in [0.15, 0.2) is 0 Å². The Morgan fingerprint density at radius 3 is 2.83 bits per heavy atom. The lowest BCUT2D eigenvalue weighted by Gasteiger charge is -2.30. The van der Waals surface area contributed by atoms with Crippen LogP contribution in [0, 0.1) is 12.8 Å². The van der Waals surface area contributed by atoms with Gasteiger partial charge in [-0.05, 0) is 18.8 Å². The van der Waals surface area contributed by atoms with Crippen molar-refractivity contribution in [1.29, 1.82) is 0 Å². The van der Waals surface area contributed by atoms with E-state index in [-0.39, 0.29) is 12.4 Å². The third-order valence-electron chi connectivity index (χ3n) is 3.63. The molecule has 0 aromatic carbocycles. The Hall–Kier alpha value is -1.03. The first-order valence-corrected chi connectivity index (χ1v) is 6.42. The lowest BCUT2D eigenvalue weighted by atomic mass is 10.0. The Morgan fingerprint density at radius 2 is 2.22 bits per heavy atom. The van der Waals surface area contributed by atoms with Crippen molar-refractivity contribution < 1.29 is 17.0 Å². The molecule has 1 saturated heterocycles. The SMILES string of the molecule is CNc1cc(N2CCCC(C)C2)nc(C)[n+]1C.[Cl-]. The van der Waals surface area contributed by atoms with E-state index >= 15 is 0 Å². The maximum absolute atomic E-state index is 4.69. The number of piperidine rings is 1. The summed E-state index contributed by atoms with van der Waals surface area (Å²) in [6, 6.07) is 2.14. The molecule has 102 valence electrons. The molecular weight excluding hydrogens is 248 g/mol. The summed E-state index contributed by atoms with van der Waals surface area (Å²) in [4.78, 5) is 7.09. The van der Waals surface area contributed by atoms with Gasteiger partial charge in [-0.2, -0.15) is 0 Å². The maximum atomic E-state index is 4.69. The van der Waals surface area contributed by atoms with Crippen molar-refractivity contribution in [2.75, 3.05) is 30.4 Å². The molecule has 2 rings (SSSR count). The fraction of sp³-hybridized carbons (Fsp3) is 0.692. The number of halogens is 1. The second-order valence-corrected chi connectivity index (χ2v) is 5.05. The Bertz CT molecular complexity index is 408. The van der Waals surface area contributed by atoms with Crippen molar-refractivity contribution >= 4 is 11.6 Å². The van der Waals surface area contributed by atoms with Crippen LogP contribution in [-0.2, 0) is 7.05 Å². The number of aryl methyl sites for hydroxylation is 1. The van der Waals surface area contributed by atoms with Gasteiger partial charge in [-0.3, -0.25) is 0 Å². The van der Waals surface area contributed by atoms with Gasteiger partial charge in [0.1, 0.15) is 0 Å². The number of nitrogens with one attached hydrogen (secondary N) is 1. The van der Waals surface area contributed by atoms with E-state index in [1.54, 1.807) is 0 Å². The summed E-state index contributed by atoms with van der Waals surface area (Å²) in [6.45, 7) is 6.63. The van der Waals surface area contributed by atoms with Crippen LogP contribution in [0.15, 0.2) is 6.07 Å². The molecule has 5 heteroatoms. The fourth-order valence-corrected chi connectivity index (χ4v) is 2.47. The van der Waals surface area contributed by atoms with Gasteiger partial charge in [0.05, 0.1) is 13.1 Å². The molecule has 0 bridgehead atoms. The molecule has 1 aromatic rings. The highest BCUT2D eigenvalue weighted by atomic mass is 35.5. The number of rotatable bonds is 2. The summed E-state index contributed by atoms with van der Waals surface area (Å²) < 4.78 is 2.08. The molecule has 4 nitrogen and oxygen atoms in total. The van der Waals surface area contributed by atoms with Crippen molar-refractivity contribution in [2.45, 2.75) is 26.7 Å². The molecule has 0 radical (unpaired) electrons. The standard InChI is InChI=1S/C13H22N4.ClH/c1-10-6-5-7-17(9-10)13-8-12(14-3)16(4)11(2)15-13;/h8,10H,5-7,9H2,1-4H3;1H. The van der Waals surface area contributed by atoms with Gasteiger partial charge in [0, 0.05) is 27.1 Å². The normalized spacial score (nSPS) is 19.3. The highest BCUT2D eigenvalue weighted by molar-refractivity contribution is 5.46. The third-order valence-corrected chi connectivity index (χ3v) is 3.63. The van der Waals surface area contributed by atoms with E-state index in [0.29, 0.717) is 0 Å². The van der Waals surface area contributed by atoms with Crippen LogP contribution in [0.4, 0.5) is 11.6 Å². The van der Waals surface area contributed by atoms with Crippen molar-refractivity contribution in [2.24, 2.45) is 13.0 Å². The van der Waals surface area contributed by atoms with Crippen LogP contribution in [0.1, 0.15) is 25.6 Å². The second-order valence-electron chi connectivity index (χ2n) is 5.05. The van der Waals surface area contributed by atoms with E-state index in [1.807, 2.05) is 14.1 Å². The van der Waals surface area contributed by atoms with E-state index in [1.165, 1.54) is 12.8 Å². The topological polar surface area (TPSA) is 32.0 Å². The number of anilines is 2. The monoisotopic (exact) mass is 270 g/mol. The summed E-state index contributed by atoms with van der Waals surface area (Å²) in [5.41, 5.74) is 0. The number of nitrogens with zero attached hydrogens (tertiary/aromatic N) is 3. The van der Waals surface area contributed by atoms with Crippen molar-refractivity contribution in [3.05, 3.63) is 11.9 Å². The Kier molecular flexibility index (Phi) is 5.20. The molecule has 1 aliphatic heterocycles. The van der Waals surface area contributed by atoms with Crippen LogP contribution in [-0.4, -0.2) is 25.1 Å². The van der Waals surface area contributed by atoms with Gasteiger partial charge in [0.25, 0.3) is 0 Å². The summed E-state index contributed by atoms with van der Waals surface area (Å²) in [7, 11) is 3.99. The molecule has 1 unspecified atom stereocenters. The minimum atomic E-state index is 0. The van der Waals surface area contributed by atoms with Crippen molar-refractivity contribution in [3.63, 3.8) is 0 Å². The van der Waals surface area contributed by atoms with E-state index in [2.05, 4.69) is 39.7 Å².